The van der Waals surface area contributed by atoms with Crippen molar-refractivity contribution in [2.75, 3.05) is 23.7 Å². The second kappa shape index (κ2) is 11.3. The Kier molecular flexibility index (Phi) is 7.24. The van der Waals surface area contributed by atoms with Crippen molar-refractivity contribution in [2.24, 2.45) is 11.3 Å². The van der Waals surface area contributed by atoms with Crippen LogP contribution in [-0.2, 0) is 4.79 Å². The number of amides is 1. The third kappa shape index (κ3) is 5.31. The van der Waals surface area contributed by atoms with E-state index in [1.54, 1.807) is 12.4 Å². The first-order valence-corrected chi connectivity index (χ1v) is 15.4. The van der Waals surface area contributed by atoms with Crippen molar-refractivity contribution in [1.29, 1.82) is 0 Å². The molecule has 4 aromatic rings. The fourth-order valence-corrected chi connectivity index (χ4v) is 6.93. The summed E-state index contributed by atoms with van der Waals surface area (Å²) in [4.78, 5) is 27.2. The zero-order chi connectivity index (χ0) is 28.5. The molecule has 3 fully saturated rings. The van der Waals surface area contributed by atoms with Crippen molar-refractivity contribution in [3.63, 3.8) is 0 Å². The number of rotatable bonds is 7. The summed E-state index contributed by atoms with van der Waals surface area (Å²) in [5.74, 6) is 2.08. The van der Waals surface area contributed by atoms with E-state index in [0.717, 1.165) is 71.4 Å². The second-order valence-corrected chi connectivity index (χ2v) is 12.2. The molecule has 1 aliphatic heterocycles. The molecule has 2 atom stereocenters. The van der Waals surface area contributed by atoms with E-state index in [4.69, 9.17) is 9.72 Å². The Morgan fingerprint density at radius 1 is 0.976 bits per heavy atom. The Hall–Kier alpha value is -4.04. The van der Waals surface area contributed by atoms with E-state index in [1.807, 2.05) is 49.4 Å². The minimum Gasteiger partial charge on any atom is -0.437 e. The molecule has 3 N–H and O–H groups in total. The van der Waals surface area contributed by atoms with E-state index in [9.17, 15) is 4.79 Å². The molecule has 2 aromatic carbocycles. The first-order valence-electron chi connectivity index (χ1n) is 15.4. The molecular weight excluding hydrogens is 524 g/mol. The number of carbonyl (C=O) groups is 1. The average molecular weight is 563 g/mol. The van der Waals surface area contributed by atoms with Gasteiger partial charge in [-0.3, -0.25) is 4.79 Å². The molecule has 1 unspecified atom stereocenters. The molecule has 2 saturated carbocycles. The lowest BCUT2D eigenvalue weighted by atomic mass is 9.84. The first-order chi connectivity index (χ1) is 20.6. The monoisotopic (exact) mass is 562 g/mol. The number of benzene rings is 2. The second-order valence-electron chi connectivity index (χ2n) is 12.2. The number of anilines is 2. The highest BCUT2D eigenvalue weighted by Crippen LogP contribution is 2.61. The lowest BCUT2D eigenvalue weighted by molar-refractivity contribution is -0.118. The fourth-order valence-electron chi connectivity index (χ4n) is 6.93. The Labute approximate surface area is 246 Å². The topological polar surface area (TPSA) is 101 Å². The molecule has 1 amide bonds. The predicted octanol–water partition coefficient (Wildman–Crippen LogP) is 6.87. The van der Waals surface area contributed by atoms with Gasteiger partial charge in [-0.2, -0.15) is 0 Å². The number of carbonyl (C=O) groups excluding carboxylic acids is 1. The number of aryl methyl sites for hydroxylation is 1. The number of hydrogen-bond acceptors (Lipinski definition) is 7. The molecule has 42 heavy (non-hydrogen) atoms. The van der Waals surface area contributed by atoms with Gasteiger partial charge in [0.1, 0.15) is 5.75 Å². The number of hydrogen-bond donors (Lipinski definition) is 3. The van der Waals surface area contributed by atoms with Crippen molar-refractivity contribution in [2.45, 2.75) is 64.3 Å². The standard InChI is InChI=1S/C34H38N6O2/c1-22-12-13-24-25(9-5-11-28(24)39-31(41)27-20-34(27)15-3-2-4-16-34)30(22)42-32-26(10-7-18-36-32)29-14-19-37-33(40-29)38-23-8-6-17-35-21-23/h5,7,9-14,18-19,23,27,35H,2-4,6,8,15-17,20-21H2,1H3,(H,39,41)(H,37,38,40)/t23-,27?/m0/s1. The lowest BCUT2D eigenvalue weighted by Gasteiger charge is -2.23. The zero-order valence-corrected chi connectivity index (χ0v) is 24.2. The summed E-state index contributed by atoms with van der Waals surface area (Å²) in [6.07, 6.45) is 12.9. The molecule has 1 saturated heterocycles. The summed E-state index contributed by atoms with van der Waals surface area (Å²) in [5, 5.41) is 12.0. The lowest BCUT2D eigenvalue weighted by Crippen LogP contribution is -2.38. The molecule has 7 rings (SSSR count). The van der Waals surface area contributed by atoms with E-state index in [-0.39, 0.29) is 17.2 Å². The van der Waals surface area contributed by atoms with Crippen LogP contribution in [0.2, 0.25) is 0 Å². The van der Waals surface area contributed by atoms with E-state index in [2.05, 4.69) is 32.0 Å². The Bertz CT molecular complexity index is 1610. The SMILES string of the molecule is Cc1ccc2c(NC(=O)C3CC34CCCCC4)cccc2c1Oc1ncccc1-c1ccnc(N[C@H]2CCCNC2)n1. The quantitative estimate of drug-likeness (QED) is 0.226. The molecule has 2 aliphatic carbocycles. The molecule has 3 heterocycles. The minimum absolute atomic E-state index is 0.131. The van der Waals surface area contributed by atoms with Crippen LogP contribution in [0.4, 0.5) is 11.6 Å². The van der Waals surface area contributed by atoms with Crippen LogP contribution in [0.3, 0.4) is 0 Å². The van der Waals surface area contributed by atoms with Gasteiger partial charge in [-0.15, -0.1) is 0 Å². The molecule has 8 nitrogen and oxygen atoms in total. The van der Waals surface area contributed by atoms with Crippen LogP contribution >= 0.6 is 0 Å². The Morgan fingerprint density at radius 3 is 2.74 bits per heavy atom. The van der Waals surface area contributed by atoms with Crippen LogP contribution in [0, 0.1) is 18.3 Å². The third-order valence-electron chi connectivity index (χ3n) is 9.35. The van der Waals surface area contributed by atoms with Gasteiger partial charge in [-0.1, -0.05) is 43.5 Å². The summed E-state index contributed by atoms with van der Waals surface area (Å²) in [5.41, 5.74) is 3.59. The maximum atomic E-state index is 13.3. The van der Waals surface area contributed by atoms with Gasteiger partial charge in [0, 0.05) is 47.4 Å². The summed E-state index contributed by atoms with van der Waals surface area (Å²) < 4.78 is 6.59. The number of nitrogens with one attached hydrogen (secondary N) is 3. The van der Waals surface area contributed by atoms with Crippen molar-refractivity contribution in [3.8, 4) is 22.9 Å². The van der Waals surface area contributed by atoms with Gasteiger partial charge in [-0.25, -0.2) is 15.0 Å². The van der Waals surface area contributed by atoms with Crippen LogP contribution in [-0.4, -0.2) is 40.0 Å². The highest BCUT2D eigenvalue weighted by Gasteiger charge is 2.57. The number of piperidine rings is 1. The van der Waals surface area contributed by atoms with Crippen molar-refractivity contribution < 1.29 is 9.53 Å². The summed E-state index contributed by atoms with van der Waals surface area (Å²) in [6, 6.07) is 16.2. The molecule has 216 valence electrons. The molecule has 0 radical (unpaired) electrons. The predicted molar refractivity (Wildman–Crippen MR) is 166 cm³/mol. The van der Waals surface area contributed by atoms with Gasteiger partial charge < -0.3 is 20.7 Å². The smallest absolute Gasteiger partial charge is 0.228 e. The number of pyridine rings is 1. The molecule has 8 heteroatoms. The van der Waals surface area contributed by atoms with Crippen LogP contribution in [0.5, 0.6) is 11.6 Å². The fraction of sp³-hybridized carbons (Fsp3) is 0.412. The number of nitrogens with zero attached hydrogens (tertiary/aromatic N) is 3. The Morgan fingerprint density at radius 2 is 1.88 bits per heavy atom. The van der Waals surface area contributed by atoms with Crippen LogP contribution < -0.4 is 20.7 Å². The van der Waals surface area contributed by atoms with Crippen molar-refractivity contribution in [3.05, 3.63) is 66.5 Å². The molecule has 2 aromatic heterocycles. The van der Waals surface area contributed by atoms with Gasteiger partial charge in [0.2, 0.25) is 17.7 Å². The van der Waals surface area contributed by atoms with E-state index in [0.29, 0.717) is 17.9 Å². The van der Waals surface area contributed by atoms with E-state index >= 15 is 0 Å². The largest absolute Gasteiger partial charge is 0.437 e. The zero-order valence-electron chi connectivity index (χ0n) is 24.2. The summed E-state index contributed by atoms with van der Waals surface area (Å²) in [7, 11) is 0. The number of aromatic nitrogens is 3. The average Bonchev–Trinajstić information content (AvgIpc) is 3.72. The van der Waals surface area contributed by atoms with Crippen LogP contribution in [0.1, 0.15) is 56.9 Å². The highest BCUT2D eigenvalue weighted by atomic mass is 16.5. The summed E-state index contributed by atoms with van der Waals surface area (Å²) in [6.45, 7) is 3.99. The van der Waals surface area contributed by atoms with E-state index in [1.165, 1.54) is 32.1 Å². The van der Waals surface area contributed by atoms with Crippen LogP contribution in [0.15, 0.2) is 60.9 Å². The molecule has 3 aliphatic rings. The maximum absolute atomic E-state index is 13.3. The maximum Gasteiger partial charge on any atom is 0.228 e. The number of fused-ring (bicyclic) bond motifs is 1. The van der Waals surface area contributed by atoms with Gasteiger partial charge >= 0.3 is 0 Å². The van der Waals surface area contributed by atoms with Crippen molar-refractivity contribution >= 4 is 28.3 Å². The highest BCUT2D eigenvalue weighted by molar-refractivity contribution is 6.05. The molecule has 0 bridgehead atoms. The van der Waals surface area contributed by atoms with Crippen LogP contribution in [0.25, 0.3) is 22.0 Å². The number of ether oxygens (including phenoxy) is 1. The van der Waals surface area contributed by atoms with Gasteiger partial charge in [-0.05, 0) is 80.8 Å². The normalized spacial score (nSPS) is 21.2. The van der Waals surface area contributed by atoms with E-state index < -0.39 is 0 Å². The third-order valence-corrected chi connectivity index (χ3v) is 9.35. The minimum atomic E-state index is 0.131. The summed E-state index contributed by atoms with van der Waals surface area (Å²) >= 11 is 0. The molecular formula is C34H38N6O2. The first kappa shape index (κ1) is 26.8. The van der Waals surface area contributed by atoms with Gasteiger partial charge in [0.15, 0.2) is 0 Å². The van der Waals surface area contributed by atoms with Gasteiger partial charge in [0.25, 0.3) is 0 Å². The molecule has 1 spiro atoms. The van der Waals surface area contributed by atoms with Gasteiger partial charge in [0.05, 0.1) is 11.3 Å². The van der Waals surface area contributed by atoms with Crippen molar-refractivity contribution in [1.82, 2.24) is 20.3 Å². The Balaban J connectivity index is 1.16.